The third-order valence-corrected chi connectivity index (χ3v) is 7.20. The number of hydrogen-bond donors (Lipinski definition) is 0. The highest BCUT2D eigenvalue weighted by Gasteiger charge is 2.51. The van der Waals surface area contributed by atoms with E-state index in [1.165, 1.54) is 19.3 Å². The molecule has 0 N–H and O–H groups in total. The summed E-state index contributed by atoms with van der Waals surface area (Å²) in [7, 11) is 0. The molecular formula is C20H33N3O3. The third kappa shape index (κ3) is 3.21. The molecule has 3 heterocycles. The molecule has 26 heavy (non-hydrogen) atoms. The summed E-state index contributed by atoms with van der Waals surface area (Å²) in [4.78, 5) is 30.7. The molecule has 2 amide bonds. The van der Waals surface area contributed by atoms with Crippen molar-refractivity contribution in [3.63, 3.8) is 0 Å². The van der Waals surface area contributed by atoms with Crippen LogP contribution in [0.5, 0.6) is 0 Å². The minimum absolute atomic E-state index is 0.146. The number of carbonyl (C=O) groups is 2. The molecule has 0 aromatic carbocycles. The van der Waals surface area contributed by atoms with Gasteiger partial charge < -0.3 is 19.4 Å². The Labute approximate surface area is 156 Å². The molecule has 146 valence electrons. The number of piperidine rings is 1. The first-order chi connectivity index (χ1) is 12.5. The third-order valence-electron chi connectivity index (χ3n) is 7.20. The highest BCUT2D eigenvalue weighted by atomic mass is 16.6. The van der Waals surface area contributed by atoms with Crippen LogP contribution in [0.3, 0.4) is 0 Å². The fraction of sp³-hybridized carbons (Fsp3) is 0.900. The molecule has 6 heteroatoms. The Balaban J connectivity index is 1.25. The van der Waals surface area contributed by atoms with Gasteiger partial charge >= 0.3 is 6.09 Å². The van der Waals surface area contributed by atoms with Crippen molar-refractivity contribution in [2.75, 3.05) is 32.8 Å². The average molecular weight is 364 g/mol. The van der Waals surface area contributed by atoms with E-state index < -0.39 is 0 Å². The summed E-state index contributed by atoms with van der Waals surface area (Å²) in [5.41, 5.74) is 0.341. The molecule has 4 rings (SSSR count). The van der Waals surface area contributed by atoms with E-state index in [1.807, 2.05) is 11.8 Å². The molecule has 0 bridgehead atoms. The van der Waals surface area contributed by atoms with Crippen molar-refractivity contribution in [3.05, 3.63) is 0 Å². The van der Waals surface area contributed by atoms with Gasteiger partial charge in [0.15, 0.2) is 0 Å². The van der Waals surface area contributed by atoms with Crippen LogP contribution < -0.4 is 0 Å². The van der Waals surface area contributed by atoms with Crippen molar-refractivity contribution < 1.29 is 14.3 Å². The maximum atomic E-state index is 12.2. The van der Waals surface area contributed by atoms with E-state index in [2.05, 4.69) is 16.7 Å². The Kier molecular flexibility index (Phi) is 4.88. The second-order valence-corrected chi connectivity index (χ2v) is 8.91. The van der Waals surface area contributed by atoms with Crippen LogP contribution in [-0.4, -0.2) is 77.6 Å². The summed E-state index contributed by atoms with van der Waals surface area (Å²) in [5.74, 6) is 0.365. The molecular weight excluding hydrogens is 330 g/mol. The zero-order chi connectivity index (χ0) is 18.3. The number of carbonyl (C=O) groups excluding carboxylic acids is 2. The molecule has 4 aliphatic rings. The average Bonchev–Trinajstić information content (AvgIpc) is 3.18. The number of nitrogens with zero attached hydrogens (tertiary/aromatic N) is 3. The standard InChI is InChI=1S/C20H33N3O3/c1-3-26-19(25)22-13-20(14-22)9-6-17(12-20)21-10-7-16(8-11-21)23-15(2)4-5-18(23)24/h15-17H,3-14H2,1-2H3/t15-,17?/m0/s1. The van der Waals surface area contributed by atoms with Gasteiger partial charge in [-0.1, -0.05) is 0 Å². The number of amides is 2. The first kappa shape index (κ1) is 18.1. The van der Waals surface area contributed by atoms with Crippen molar-refractivity contribution in [1.82, 2.24) is 14.7 Å². The highest BCUT2D eigenvalue weighted by Crippen LogP contribution is 2.47. The van der Waals surface area contributed by atoms with E-state index in [0.717, 1.165) is 51.9 Å². The zero-order valence-electron chi connectivity index (χ0n) is 16.3. The summed E-state index contributed by atoms with van der Waals surface area (Å²) < 4.78 is 5.11. The van der Waals surface area contributed by atoms with Crippen molar-refractivity contribution in [2.24, 2.45) is 5.41 Å². The molecule has 1 spiro atoms. The number of rotatable bonds is 3. The second kappa shape index (κ2) is 7.02. The van der Waals surface area contributed by atoms with Gasteiger partial charge in [-0.25, -0.2) is 4.79 Å². The Morgan fingerprint density at radius 1 is 1.15 bits per heavy atom. The Morgan fingerprint density at radius 3 is 2.50 bits per heavy atom. The fourth-order valence-electron chi connectivity index (χ4n) is 5.82. The second-order valence-electron chi connectivity index (χ2n) is 8.91. The quantitative estimate of drug-likeness (QED) is 0.773. The molecule has 3 saturated heterocycles. The van der Waals surface area contributed by atoms with E-state index >= 15 is 0 Å². The van der Waals surface area contributed by atoms with Crippen LogP contribution in [-0.2, 0) is 9.53 Å². The van der Waals surface area contributed by atoms with Crippen LogP contribution >= 0.6 is 0 Å². The van der Waals surface area contributed by atoms with Gasteiger partial charge in [0.1, 0.15) is 0 Å². The van der Waals surface area contributed by atoms with Gasteiger partial charge in [-0.3, -0.25) is 4.79 Å². The predicted molar refractivity (Wildman–Crippen MR) is 98.8 cm³/mol. The highest BCUT2D eigenvalue weighted by molar-refractivity contribution is 5.79. The van der Waals surface area contributed by atoms with Gasteiger partial charge in [0.05, 0.1) is 6.61 Å². The van der Waals surface area contributed by atoms with E-state index in [-0.39, 0.29) is 6.09 Å². The van der Waals surface area contributed by atoms with Crippen LogP contribution in [0.25, 0.3) is 0 Å². The number of ether oxygens (including phenoxy) is 1. The lowest BCUT2D eigenvalue weighted by molar-refractivity contribution is -0.132. The number of likely N-dealkylation sites (tertiary alicyclic amines) is 3. The van der Waals surface area contributed by atoms with E-state index in [4.69, 9.17) is 4.74 Å². The Hall–Kier alpha value is -1.30. The molecule has 1 aliphatic carbocycles. The van der Waals surface area contributed by atoms with Crippen molar-refractivity contribution in [2.45, 2.75) is 76.9 Å². The lowest BCUT2D eigenvalue weighted by Crippen LogP contribution is -2.58. The number of hydrogen-bond acceptors (Lipinski definition) is 4. The maximum absolute atomic E-state index is 12.2. The summed E-state index contributed by atoms with van der Waals surface area (Å²) in [6.45, 7) is 8.49. The molecule has 3 aliphatic heterocycles. The van der Waals surface area contributed by atoms with Crippen LogP contribution in [0.2, 0.25) is 0 Å². The SMILES string of the molecule is CCOC(=O)N1CC2(CCC(N3CCC(N4C(=O)CC[C@@H]4C)CC3)C2)C1. The van der Waals surface area contributed by atoms with Crippen LogP contribution in [0, 0.1) is 5.41 Å². The minimum atomic E-state index is -0.146. The Bertz CT molecular complexity index is 553. The largest absolute Gasteiger partial charge is 0.450 e. The van der Waals surface area contributed by atoms with Crippen LogP contribution in [0.1, 0.15) is 58.8 Å². The molecule has 1 unspecified atom stereocenters. The fourth-order valence-corrected chi connectivity index (χ4v) is 5.82. The van der Waals surface area contributed by atoms with E-state index in [9.17, 15) is 9.59 Å². The lowest BCUT2D eigenvalue weighted by Gasteiger charge is -2.48. The monoisotopic (exact) mass is 363 g/mol. The lowest BCUT2D eigenvalue weighted by atomic mass is 9.78. The van der Waals surface area contributed by atoms with Crippen molar-refractivity contribution in [3.8, 4) is 0 Å². The van der Waals surface area contributed by atoms with Gasteiger partial charge in [-0.15, -0.1) is 0 Å². The molecule has 2 atom stereocenters. The molecule has 0 aromatic rings. The normalized spacial score (nSPS) is 32.3. The van der Waals surface area contributed by atoms with Crippen molar-refractivity contribution in [1.29, 1.82) is 0 Å². The van der Waals surface area contributed by atoms with Crippen LogP contribution in [0.15, 0.2) is 0 Å². The zero-order valence-corrected chi connectivity index (χ0v) is 16.3. The van der Waals surface area contributed by atoms with Gasteiger partial charge in [0.2, 0.25) is 5.91 Å². The first-order valence-corrected chi connectivity index (χ1v) is 10.5. The molecule has 1 saturated carbocycles. The van der Waals surface area contributed by atoms with Gasteiger partial charge in [0.25, 0.3) is 0 Å². The van der Waals surface area contributed by atoms with Gasteiger partial charge in [-0.05, 0) is 52.4 Å². The molecule has 4 fully saturated rings. The summed E-state index contributed by atoms with van der Waals surface area (Å²) in [6, 6.07) is 1.54. The van der Waals surface area contributed by atoms with E-state index in [0.29, 0.717) is 36.1 Å². The Morgan fingerprint density at radius 2 is 1.88 bits per heavy atom. The van der Waals surface area contributed by atoms with Gasteiger partial charge in [0, 0.05) is 56.1 Å². The minimum Gasteiger partial charge on any atom is -0.450 e. The topological polar surface area (TPSA) is 53.1 Å². The summed E-state index contributed by atoms with van der Waals surface area (Å²) in [6.07, 6.45) is 7.56. The van der Waals surface area contributed by atoms with Crippen molar-refractivity contribution >= 4 is 12.0 Å². The molecule has 0 aromatic heterocycles. The van der Waals surface area contributed by atoms with E-state index in [1.54, 1.807) is 0 Å². The predicted octanol–water partition coefficient (Wildman–Crippen LogP) is 2.47. The summed E-state index contributed by atoms with van der Waals surface area (Å²) in [5, 5.41) is 0. The smallest absolute Gasteiger partial charge is 0.409 e. The first-order valence-electron chi connectivity index (χ1n) is 10.5. The molecule has 0 radical (unpaired) electrons. The molecule has 6 nitrogen and oxygen atoms in total. The van der Waals surface area contributed by atoms with Gasteiger partial charge in [-0.2, -0.15) is 0 Å². The van der Waals surface area contributed by atoms with Crippen LogP contribution in [0.4, 0.5) is 4.79 Å². The maximum Gasteiger partial charge on any atom is 0.409 e. The summed E-state index contributed by atoms with van der Waals surface area (Å²) >= 11 is 0.